The topological polar surface area (TPSA) is 71.5 Å². The van der Waals surface area contributed by atoms with Gasteiger partial charge in [0.05, 0.1) is 17.2 Å². The van der Waals surface area contributed by atoms with Crippen molar-refractivity contribution < 1.29 is 14.3 Å². The van der Waals surface area contributed by atoms with Crippen LogP contribution >= 0.6 is 0 Å². The Morgan fingerprint density at radius 2 is 2.00 bits per heavy atom. The van der Waals surface area contributed by atoms with Gasteiger partial charge in [0, 0.05) is 25.5 Å². The monoisotopic (exact) mass is 289 g/mol. The number of nitrogens with one attached hydrogen (secondary N) is 1. The minimum atomic E-state index is -0.245. The van der Waals surface area contributed by atoms with E-state index in [1.54, 1.807) is 6.07 Å². The first-order valence-electron chi connectivity index (χ1n) is 7.40. The Morgan fingerprint density at radius 1 is 1.24 bits per heavy atom. The number of imide groups is 1. The zero-order valence-corrected chi connectivity index (χ0v) is 11.9. The molecule has 21 heavy (non-hydrogen) atoms. The molecule has 0 radical (unpaired) electrons. The lowest BCUT2D eigenvalue weighted by molar-refractivity contribution is 0.0276. The van der Waals surface area contributed by atoms with E-state index in [0.717, 1.165) is 25.9 Å². The quantitative estimate of drug-likeness (QED) is 0.642. The highest BCUT2D eigenvalue weighted by atomic mass is 16.5. The third-order valence-corrected chi connectivity index (χ3v) is 3.94. The van der Waals surface area contributed by atoms with Gasteiger partial charge in [0.25, 0.3) is 11.8 Å². The molecule has 6 nitrogen and oxygen atoms in total. The maximum atomic E-state index is 12.1. The molecule has 3 rings (SSSR count). The second-order valence-electron chi connectivity index (χ2n) is 5.36. The lowest BCUT2D eigenvalue weighted by Crippen LogP contribution is -2.34. The fourth-order valence-electron chi connectivity index (χ4n) is 2.77. The molecule has 1 fully saturated rings. The summed E-state index contributed by atoms with van der Waals surface area (Å²) < 4.78 is 5.79. The Balaban J connectivity index is 1.48. The average Bonchev–Trinajstić information content (AvgIpc) is 2.77. The number of pyridine rings is 1. The van der Waals surface area contributed by atoms with E-state index < -0.39 is 0 Å². The number of carbonyl (C=O) groups is 2. The van der Waals surface area contributed by atoms with Crippen LogP contribution in [-0.2, 0) is 4.74 Å². The molecule has 1 saturated heterocycles. The van der Waals surface area contributed by atoms with Crippen LogP contribution in [0.2, 0.25) is 0 Å². The third-order valence-electron chi connectivity index (χ3n) is 3.94. The Bertz CT molecular complexity index is 506. The molecule has 1 aromatic rings. The second kappa shape index (κ2) is 6.32. The maximum absolute atomic E-state index is 12.1. The molecule has 2 amide bonds. The Hall–Kier alpha value is -1.79. The van der Waals surface area contributed by atoms with Crippen molar-refractivity contribution in [1.82, 2.24) is 15.2 Å². The van der Waals surface area contributed by atoms with E-state index in [-0.39, 0.29) is 11.8 Å². The highest BCUT2D eigenvalue weighted by Crippen LogP contribution is 2.21. The number of hydrogen-bond acceptors (Lipinski definition) is 5. The van der Waals surface area contributed by atoms with Gasteiger partial charge in [-0.1, -0.05) is 0 Å². The lowest BCUT2D eigenvalue weighted by atomic mass is 10.1. The summed E-state index contributed by atoms with van der Waals surface area (Å²) in [6.07, 6.45) is 6.02. The molecule has 0 saturated carbocycles. The maximum Gasteiger partial charge on any atom is 0.263 e. The predicted molar refractivity (Wildman–Crippen MR) is 76.1 cm³/mol. The Kier molecular flexibility index (Phi) is 4.26. The zero-order chi connectivity index (χ0) is 14.7. The van der Waals surface area contributed by atoms with Crippen LogP contribution in [0, 0.1) is 0 Å². The molecular weight excluding hydrogens is 270 g/mol. The molecule has 0 atom stereocenters. The molecule has 0 unspecified atom stereocenters. The summed E-state index contributed by atoms with van der Waals surface area (Å²) in [5.74, 6) is -0.468. The number of piperidine rings is 1. The van der Waals surface area contributed by atoms with Crippen LogP contribution < -0.4 is 5.32 Å². The summed E-state index contributed by atoms with van der Waals surface area (Å²) in [6.45, 7) is 2.97. The number of ether oxygens (including phenoxy) is 1. The summed E-state index contributed by atoms with van der Waals surface area (Å²) in [5, 5.41) is 3.29. The first kappa shape index (κ1) is 14.2. The normalized spacial score (nSPS) is 19.1. The largest absolute Gasteiger partial charge is 0.378 e. The average molecular weight is 289 g/mol. The van der Waals surface area contributed by atoms with Gasteiger partial charge in [-0.15, -0.1) is 0 Å². The molecular formula is C15H19N3O3. The van der Waals surface area contributed by atoms with Crippen LogP contribution in [-0.4, -0.2) is 54.0 Å². The van der Waals surface area contributed by atoms with Gasteiger partial charge in [-0.3, -0.25) is 19.5 Å². The van der Waals surface area contributed by atoms with E-state index in [9.17, 15) is 9.59 Å². The molecule has 0 aromatic carbocycles. The van der Waals surface area contributed by atoms with Gasteiger partial charge in [0.15, 0.2) is 0 Å². The third kappa shape index (κ3) is 2.96. The van der Waals surface area contributed by atoms with Gasteiger partial charge in [-0.05, 0) is 38.4 Å². The molecule has 0 spiro atoms. The minimum absolute atomic E-state index is 0.223. The lowest BCUT2D eigenvalue weighted by Gasteiger charge is -2.23. The van der Waals surface area contributed by atoms with Crippen molar-refractivity contribution in [1.29, 1.82) is 0 Å². The molecule has 2 aliphatic rings. The molecule has 0 aliphatic carbocycles. The minimum Gasteiger partial charge on any atom is -0.378 e. The molecule has 112 valence electrons. The first-order valence-corrected chi connectivity index (χ1v) is 7.40. The smallest absolute Gasteiger partial charge is 0.263 e. The Labute approximate surface area is 123 Å². The fourth-order valence-corrected chi connectivity index (χ4v) is 2.77. The summed E-state index contributed by atoms with van der Waals surface area (Å²) in [6, 6.07) is 1.60. The van der Waals surface area contributed by atoms with Crippen LogP contribution in [0.4, 0.5) is 0 Å². The first-order chi connectivity index (χ1) is 10.3. The van der Waals surface area contributed by atoms with Crippen LogP contribution in [0.25, 0.3) is 0 Å². The second-order valence-corrected chi connectivity index (χ2v) is 5.36. The predicted octanol–water partition coefficient (Wildman–Crippen LogP) is 0.836. The summed E-state index contributed by atoms with van der Waals surface area (Å²) in [4.78, 5) is 29.4. The van der Waals surface area contributed by atoms with E-state index in [2.05, 4.69) is 10.3 Å². The molecule has 3 heterocycles. The Morgan fingerprint density at radius 3 is 2.76 bits per heavy atom. The van der Waals surface area contributed by atoms with Crippen LogP contribution in [0.1, 0.15) is 40.0 Å². The van der Waals surface area contributed by atoms with Crippen LogP contribution in [0.5, 0.6) is 0 Å². The van der Waals surface area contributed by atoms with Gasteiger partial charge in [0.2, 0.25) is 0 Å². The summed E-state index contributed by atoms with van der Waals surface area (Å²) >= 11 is 0. The highest BCUT2D eigenvalue weighted by Gasteiger charge is 2.34. The van der Waals surface area contributed by atoms with E-state index >= 15 is 0 Å². The molecule has 1 N–H and O–H groups in total. The molecule has 2 aliphatic heterocycles. The van der Waals surface area contributed by atoms with E-state index in [1.807, 2.05) is 0 Å². The van der Waals surface area contributed by atoms with Crippen molar-refractivity contribution in [2.45, 2.75) is 25.4 Å². The molecule has 6 heteroatoms. The van der Waals surface area contributed by atoms with Crippen molar-refractivity contribution in [3.8, 4) is 0 Å². The van der Waals surface area contributed by atoms with Gasteiger partial charge >= 0.3 is 0 Å². The standard InChI is InChI=1S/C15H19N3O3/c19-14-12-4-7-17-10-13(12)15(20)18(14)8-1-9-21-11-2-5-16-6-3-11/h4,7,10-11,16H,1-3,5-6,8-9H2. The number of fused-ring (bicyclic) bond motifs is 1. The van der Waals surface area contributed by atoms with Gasteiger partial charge in [-0.25, -0.2) is 0 Å². The zero-order valence-electron chi connectivity index (χ0n) is 11.9. The number of hydrogen-bond donors (Lipinski definition) is 1. The molecule has 0 bridgehead atoms. The van der Waals surface area contributed by atoms with Gasteiger partial charge < -0.3 is 10.1 Å². The highest BCUT2D eigenvalue weighted by molar-refractivity contribution is 6.21. The number of aromatic nitrogens is 1. The van der Waals surface area contributed by atoms with E-state index in [4.69, 9.17) is 4.74 Å². The van der Waals surface area contributed by atoms with Crippen molar-refractivity contribution in [3.63, 3.8) is 0 Å². The van der Waals surface area contributed by atoms with Crippen molar-refractivity contribution in [2.24, 2.45) is 0 Å². The number of carbonyl (C=O) groups excluding carboxylic acids is 2. The van der Waals surface area contributed by atoms with Crippen LogP contribution in [0.3, 0.4) is 0 Å². The van der Waals surface area contributed by atoms with Crippen molar-refractivity contribution in [2.75, 3.05) is 26.2 Å². The van der Waals surface area contributed by atoms with Crippen LogP contribution in [0.15, 0.2) is 18.5 Å². The van der Waals surface area contributed by atoms with Crippen molar-refractivity contribution in [3.05, 3.63) is 29.6 Å². The summed E-state index contributed by atoms with van der Waals surface area (Å²) in [5.41, 5.74) is 0.857. The van der Waals surface area contributed by atoms with Gasteiger partial charge in [0.1, 0.15) is 0 Å². The summed E-state index contributed by atoms with van der Waals surface area (Å²) in [7, 11) is 0. The molecule has 1 aromatic heterocycles. The number of nitrogens with zero attached hydrogens (tertiary/aromatic N) is 2. The van der Waals surface area contributed by atoms with Crippen molar-refractivity contribution >= 4 is 11.8 Å². The SMILES string of the molecule is O=C1c2ccncc2C(=O)N1CCCOC1CCNCC1. The fraction of sp³-hybridized carbons (Fsp3) is 0.533. The van der Waals surface area contributed by atoms with Gasteiger partial charge in [-0.2, -0.15) is 0 Å². The number of rotatable bonds is 5. The van der Waals surface area contributed by atoms with E-state index in [1.165, 1.54) is 17.3 Å². The number of amides is 2. The van der Waals surface area contributed by atoms with E-state index in [0.29, 0.717) is 36.8 Å².